The first kappa shape index (κ1) is 9.26. The van der Waals surface area contributed by atoms with Gasteiger partial charge in [0.05, 0.1) is 5.60 Å². The van der Waals surface area contributed by atoms with Crippen molar-refractivity contribution in [3.05, 3.63) is 12.3 Å². The molecular formula is C9H16N2O. The molecule has 68 valence electrons. The van der Waals surface area contributed by atoms with Crippen molar-refractivity contribution < 1.29 is 5.11 Å². The Balaban J connectivity index is 2.18. The van der Waals surface area contributed by atoms with E-state index in [1.165, 1.54) is 6.21 Å². The number of hydrogen-bond acceptors (Lipinski definition) is 3. The Morgan fingerprint density at radius 3 is 2.83 bits per heavy atom. The monoisotopic (exact) mass is 168 g/mol. The molecule has 0 spiro atoms. The van der Waals surface area contributed by atoms with E-state index in [4.69, 9.17) is 5.41 Å². The van der Waals surface area contributed by atoms with Crippen molar-refractivity contribution >= 4 is 6.21 Å². The summed E-state index contributed by atoms with van der Waals surface area (Å²) in [6.45, 7) is 5.61. The van der Waals surface area contributed by atoms with Crippen LogP contribution in [0.4, 0.5) is 0 Å². The van der Waals surface area contributed by atoms with Crippen LogP contribution in [0.25, 0.3) is 0 Å². The van der Waals surface area contributed by atoms with Crippen LogP contribution in [-0.2, 0) is 0 Å². The topological polar surface area (TPSA) is 56.1 Å². The van der Waals surface area contributed by atoms with Crippen LogP contribution in [0.2, 0.25) is 0 Å². The summed E-state index contributed by atoms with van der Waals surface area (Å²) in [4.78, 5) is 0. The second-order valence-electron chi connectivity index (χ2n) is 3.76. The van der Waals surface area contributed by atoms with E-state index in [1.807, 2.05) is 6.92 Å². The molecular weight excluding hydrogens is 152 g/mol. The smallest absolute Gasteiger partial charge is 0.0658 e. The number of rotatable bonds is 4. The fraction of sp³-hybridized carbons (Fsp3) is 0.667. The Hall–Kier alpha value is -0.830. The fourth-order valence-corrected chi connectivity index (χ4v) is 1.57. The highest BCUT2D eigenvalue weighted by molar-refractivity contribution is 5.56. The van der Waals surface area contributed by atoms with Gasteiger partial charge in [-0.05, 0) is 19.8 Å². The van der Waals surface area contributed by atoms with E-state index in [-0.39, 0.29) is 0 Å². The number of allylic oxidation sites excluding steroid dienone is 1. The third-order valence-electron chi connectivity index (χ3n) is 2.13. The minimum absolute atomic E-state index is 0.354. The summed E-state index contributed by atoms with van der Waals surface area (Å²) in [6, 6.07) is 0.354. The summed E-state index contributed by atoms with van der Waals surface area (Å²) in [5, 5.41) is 19.4. The van der Waals surface area contributed by atoms with Crippen LogP contribution in [0, 0.1) is 5.41 Å². The Morgan fingerprint density at radius 1 is 1.83 bits per heavy atom. The zero-order valence-corrected chi connectivity index (χ0v) is 7.43. The second kappa shape index (κ2) is 3.27. The lowest BCUT2D eigenvalue weighted by Gasteiger charge is -2.42. The molecule has 0 amide bonds. The lowest BCUT2D eigenvalue weighted by Crippen LogP contribution is -2.51. The van der Waals surface area contributed by atoms with Gasteiger partial charge in [-0.3, -0.25) is 0 Å². The first-order valence-electron chi connectivity index (χ1n) is 4.19. The summed E-state index contributed by atoms with van der Waals surface area (Å²) in [5.74, 6) is 0. The molecule has 1 saturated carbocycles. The molecule has 1 rings (SSSR count). The number of nitrogens with one attached hydrogen (secondary N) is 2. The molecule has 0 saturated heterocycles. The zero-order valence-electron chi connectivity index (χ0n) is 7.43. The van der Waals surface area contributed by atoms with Gasteiger partial charge in [-0.1, -0.05) is 6.58 Å². The minimum atomic E-state index is -0.484. The van der Waals surface area contributed by atoms with Crippen LogP contribution in [0.1, 0.15) is 26.2 Å². The average molecular weight is 168 g/mol. The molecule has 3 N–H and O–H groups in total. The van der Waals surface area contributed by atoms with Crippen molar-refractivity contribution in [1.82, 2.24) is 5.32 Å². The minimum Gasteiger partial charge on any atom is -0.390 e. The van der Waals surface area contributed by atoms with E-state index >= 15 is 0 Å². The van der Waals surface area contributed by atoms with Crippen molar-refractivity contribution in [2.24, 2.45) is 0 Å². The molecule has 0 aromatic carbocycles. The van der Waals surface area contributed by atoms with Gasteiger partial charge in [0, 0.05) is 24.4 Å². The maximum Gasteiger partial charge on any atom is 0.0658 e. The van der Waals surface area contributed by atoms with Gasteiger partial charge in [-0.25, -0.2) is 0 Å². The maximum atomic E-state index is 9.41. The van der Waals surface area contributed by atoms with Crippen LogP contribution < -0.4 is 5.32 Å². The van der Waals surface area contributed by atoms with Gasteiger partial charge in [0.1, 0.15) is 0 Å². The first-order chi connectivity index (χ1) is 5.53. The summed E-state index contributed by atoms with van der Waals surface area (Å²) >= 11 is 0. The van der Waals surface area contributed by atoms with Crippen molar-refractivity contribution in [1.29, 1.82) is 5.41 Å². The SMILES string of the molecule is C=C(CC=N)NC1CC(C)(O)C1. The lowest BCUT2D eigenvalue weighted by molar-refractivity contribution is -0.0363. The Kier molecular flexibility index (Phi) is 2.52. The molecule has 0 bridgehead atoms. The van der Waals surface area contributed by atoms with Gasteiger partial charge < -0.3 is 15.8 Å². The molecule has 1 aliphatic carbocycles. The third-order valence-corrected chi connectivity index (χ3v) is 2.13. The van der Waals surface area contributed by atoms with Gasteiger partial charge in [0.2, 0.25) is 0 Å². The first-order valence-corrected chi connectivity index (χ1v) is 4.19. The van der Waals surface area contributed by atoms with Gasteiger partial charge in [-0.2, -0.15) is 0 Å². The van der Waals surface area contributed by atoms with Gasteiger partial charge in [0.25, 0.3) is 0 Å². The maximum absolute atomic E-state index is 9.41. The van der Waals surface area contributed by atoms with Crippen LogP contribution in [0.15, 0.2) is 12.3 Å². The van der Waals surface area contributed by atoms with E-state index in [1.54, 1.807) is 0 Å². The van der Waals surface area contributed by atoms with Crippen molar-refractivity contribution in [2.75, 3.05) is 0 Å². The summed E-state index contributed by atoms with van der Waals surface area (Å²) in [5.41, 5.74) is 0.383. The average Bonchev–Trinajstić information content (AvgIpc) is 1.83. The van der Waals surface area contributed by atoms with E-state index in [9.17, 15) is 5.11 Å². The number of hydrogen-bond donors (Lipinski definition) is 3. The Morgan fingerprint density at radius 2 is 2.42 bits per heavy atom. The van der Waals surface area contributed by atoms with Crippen LogP contribution >= 0.6 is 0 Å². The molecule has 3 heteroatoms. The van der Waals surface area contributed by atoms with E-state index < -0.39 is 5.60 Å². The number of aliphatic hydroxyl groups is 1. The van der Waals surface area contributed by atoms with Crippen LogP contribution in [-0.4, -0.2) is 23.0 Å². The summed E-state index contributed by atoms with van der Waals surface area (Å²) < 4.78 is 0. The molecule has 0 aromatic heterocycles. The van der Waals surface area contributed by atoms with Crippen molar-refractivity contribution in [3.8, 4) is 0 Å². The molecule has 0 aliphatic heterocycles. The summed E-state index contributed by atoms with van der Waals surface area (Å²) in [7, 11) is 0. The predicted octanol–water partition coefficient (Wildman–Crippen LogP) is 1.04. The summed E-state index contributed by atoms with van der Waals surface area (Å²) in [6.07, 6.45) is 3.47. The highest BCUT2D eigenvalue weighted by Gasteiger charge is 2.38. The second-order valence-corrected chi connectivity index (χ2v) is 3.76. The van der Waals surface area contributed by atoms with Crippen molar-refractivity contribution in [3.63, 3.8) is 0 Å². The highest BCUT2D eigenvalue weighted by Crippen LogP contribution is 2.31. The molecule has 12 heavy (non-hydrogen) atoms. The molecule has 0 atom stereocenters. The van der Waals surface area contributed by atoms with Gasteiger partial charge >= 0.3 is 0 Å². The normalized spacial score (nSPS) is 33.7. The Labute approximate surface area is 73.0 Å². The standard InChI is InChI=1S/C9H16N2O/c1-7(3-4-10)11-8-5-9(2,12)6-8/h4,8,10-12H,1,3,5-6H2,2H3. The van der Waals surface area contributed by atoms with E-state index in [0.29, 0.717) is 12.5 Å². The van der Waals surface area contributed by atoms with Crippen LogP contribution in [0.3, 0.4) is 0 Å². The van der Waals surface area contributed by atoms with Gasteiger partial charge in [0.15, 0.2) is 0 Å². The lowest BCUT2D eigenvalue weighted by atomic mass is 9.77. The molecule has 0 unspecified atom stereocenters. The van der Waals surface area contributed by atoms with E-state index in [0.717, 1.165) is 18.5 Å². The predicted molar refractivity (Wildman–Crippen MR) is 49.3 cm³/mol. The molecule has 1 aliphatic rings. The van der Waals surface area contributed by atoms with E-state index in [2.05, 4.69) is 11.9 Å². The zero-order chi connectivity index (χ0) is 9.19. The largest absolute Gasteiger partial charge is 0.390 e. The van der Waals surface area contributed by atoms with Gasteiger partial charge in [-0.15, -0.1) is 0 Å². The molecule has 1 fully saturated rings. The Bertz CT molecular complexity index is 191. The third kappa shape index (κ3) is 2.34. The van der Waals surface area contributed by atoms with Crippen molar-refractivity contribution in [2.45, 2.75) is 37.8 Å². The van der Waals surface area contributed by atoms with Crippen LogP contribution in [0.5, 0.6) is 0 Å². The highest BCUT2D eigenvalue weighted by atomic mass is 16.3. The molecule has 0 radical (unpaired) electrons. The molecule has 3 nitrogen and oxygen atoms in total. The molecule has 0 heterocycles. The quantitative estimate of drug-likeness (QED) is 0.549. The molecule has 0 aromatic rings. The fourth-order valence-electron chi connectivity index (χ4n) is 1.57.